The van der Waals surface area contributed by atoms with E-state index in [1.807, 2.05) is 64.0 Å². The van der Waals surface area contributed by atoms with E-state index in [-0.39, 0.29) is 5.91 Å². The molecule has 0 atom stereocenters. The quantitative estimate of drug-likeness (QED) is 0.752. The number of amides is 2. The summed E-state index contributed by atoms with van der Waals surface area (Å²) in [6.45, 7) is 6.35. The monoisotopic (exact) mass is 335 g/mol. The van der Waals surface area contributed by atoms with Crippen LogP contribution in [0.5, 0.6) is 0 Å². The molecule has 0 fully saturated rings. The van der Waals surface area contributed by atoms with Crippen LogP contribution in [0.15, 0.2) is 24.3 Å². The molecule has 6 heteroatoms. The fourth-order valence-corrected chi connectivity index (χ4v) is 1.95. The summed E-state index contributed by atoms with van der Waals surface area (Å²) in [7, 11) is 3.98. The van der Waals surface area contributed by atoms with E-state index in [1.165, 1.54) is 0 Å². The predicted molar refractivity (Wildman–Crippen MR) is 96.1 cm³/mol. The summed E-state index contributed by atoms with van der Waals surface area (Å²) >= 11 is 0. The highest BCUT2D eigenvalue weighted by Gasteiger charge is 2.15. The Morgan fingerprint density at radius 3 is 2.25 bits per heavy atom. The first kappa shape index (κ1) is 19.8. The molecule has 134 valence electrons. The van der Waals surface area contributed by atoms with E-state index in [0.29, 0.717) is 25.9 Å². The molecule has 0 saturated carbocycles. The van der Waals surface area contributed by atoms with E-state index >= 15 is 0 Å². The van der Waals surface area contributed by atoms with Gasteiger partial charge in [0.1, 0.15) is 5.60 Å². The maximum absolute atomic E-state index is 11.8. The smallest absolute Gasteiger partial charge is 0.407 e. The molecule has 0 aliphatic heterocycles. The summed E-state index contributed by atoms with van der Waals surface area (Å²) < 4.78 is 5.12. The second kappa shape index (κ2) is 9.15. The van der Waals surface area contributed by atoms with Crippen LogP contribution in [0.25, 0.3) is 0 Å². The van der Waals surface area contributed by atoms with E-state index in [4.69, 9.17) is 4.74 Å². The van der Waals surface area contributed by atoms with Gasteiger partial charge in [0.15, 0.2) is 0 Å². The Hall–Kier alpha value is -2.24. The number of nitrogens with zero attached hydrogens (tertiary/aromatic N) is 1. The zero-order chi connectivity index (χ0) is 18.2. The zero-order valence-corrected chi connectivity index (χ0v) is 15.3. The maximum Gasteiger partial charge on any atom is 0.407 e. The van der Waals surface area contributed by atoms with E-state index in [2.05, 4.69) is 10.6 Å². The van der Waals surface area contributed by atoms with Crippen LogP contribution in [0.1, 0.15) is 39.2 Å². The largest absolute Gasteiger partial charge is 0.444 e. The number of benzene rings is 1. The number of hydrogen-bond acceptors (Lipinski definition) is 4. The Morgan fingerprint density at radius 1 is 1.08 bits per heavy atom. The zero-order valence-electron chi connectivity index (χ0n) is 15.3. The number of hydrogen-bond donors (Lipinski definition) is 2. The molecule has 1 rings (SSSR count). The normalized spacial score (nSPS) is 10.9. The second-order valence-electron chi connectivity index (χ2n) is 6.87. The van der Waals surface area contributed by atoms with Crippen molar-refractivity contribution in [1.29, 1.82) is 0 Å². The van der Waals surface area contributed by atoms with Crippen molar-refractivity contribution in [1.82, 2.24) is 10.6 Å². The Morgan fingerprint density at radius 2 is 1.71 bits per heavy atom. The summed E-state index contributed by atoms with van der Waals surface area (Å²) in [5.41, 5.74) is 1.67. The van der Waals surface area contributed by atoms with Gasteiger partial charge >= 0.3 is 6.09 Å². The molecule has 0 aliphatic rings. The van der Waals surface area contributed by atoms with Crippen LogP contribution in [0.3, 0.4) is 0 Å². The third-order valence-corrected chi connectivity index (χ3v) is 3.19. The third kappa shape index (κ3) is 8.41. The van der Waals surface area contributed by atoms with Gasteiger partial charge in [-0.15, -0.1) is 0 Å². The van der Waals surface area contributed by atoms with Gasteiger partial charge in [-0.1, -0.05) is 12.1 Å². The predicted octanol–water partition coefficient (Wildman–Crippen LogP) is 2.67. The van der Waals surface area contributed by atoms with E-state index in [0.717, 1.165) is 11.3 Å². The van der Waals surface area contributed by atoms with Crippen molar-refractivity contribution in [2.75, 3.05) is 25.5 Å². The number of ether oxygens (including phenoxy) is 1. The molecule has 1 aromatic rings. The van der Waals surface area contributed by atoms with Crippen LogP contribution in [0.4, 0.5) is 10.5 Å². The number of anilines is 1. The summed E-state index contributed by atoms with van der Waals surface area (Å²) in [6.07, 6.45) is 0.486. The fourth-order valence-electron chi connectivity index (χ4n) is 1.95. The summed E-state index contributed by atoms with van der Waals surface area (Å²) in [6, 6.07) is 8.04. The molecule has 0 spiro atoms. The molecular weight excluding hydrogens is 306 g/mol. The van der Waals surface area contributed by atoms with Crippen LogP contribution in [-0.4, -0.2) is 38.2 Å². The summed E-state index contributed by atoms with van der Waals surface area (Å²) in [5, 5.41) is 5.52. The first-order valence-electron chi connectivity index (χ1n) is 8.17. The van der Waals surface area contributed by atoms with Crippen molar-refractivity contribution in [2.24, 2.45) is 0 Å². The number of rotatable bonds is 7. The van der Waals surface area contributed by atoms with Gasteiger partial charge in [0.25, 0.3) is 0 Å². The standard InChI is InChI=1S/C18H29N3O3/c1-18(2,3)24-17(23)19-12-6-7-16(22)20-13-14-8-10-15(11-9-14)21(4)5/h8-11H,6-7,12-13H2,1-5H3,(H,19,23)(H,20,22). The Bertz CT molecular complexity index is 533. The highest BCUT2D eigenvalue weighted by molar-refractivity contribution is 5.76. The fraction of sp³-hybridized carbons (Fsp3) is 0.556. The van der Waals surface area contributed by atoms with Gasteiger partial charge < -0.3 is 20.3 Å². The number of nitrogens with one attached hydrogen (secondary N) is 2. The van der Waals surface area contributed by atoms with E-state index < -0.39 is 11.7 Å². The van der Waals surface area contributed by atoms with Gasteiger partial charge in [0, 0.05) is 39.3 Å². The molecular formula is C18H29N3O3. The van der Waals surface area contributed by atoms with Crippen LogP contribution in [0.2, 0.25) is 0 Å². The molecule has 24 heavy (non-hydrogen) atoms. The molecule has 0 unspecified atom stereocenters. The molecule has 6 nitrogen and oxygen atoms in total. The lowest BCUT2D eigenvalue weighted by Crippen LogP contribution is -2.33. The molecule has 1 aromatic carbocycles. The lowest BCUT2D eigenvalue weighted by molar-refractivity contribution is -0.121. The molecule has 0 saturated heterocycles. The number of carbonyl (C=O) groups excluding carboxylic acids is 2. The first-order chi connectivity index (χ1) is 11.2. The van der Waals surface area contributed by atoms with Gasteiger partial charge in [-0.05, 0) is 44.9 Å². The molecule has 0 bridgehead atoms. The lowest BCUT2D eigenvalue weighted by atomic mass is 10.2. The SMILES string of the molecule is CN(C)c1ccc(CNC(=O)CCCNC(=O)OC(C)(C)C)cc1. The van der Waals surface area contributed by atoms with Crippen molar-refractivity contribution in [3.63, 3.8) is 0 Å². The highest BCUT2D eigenvalue weighted by atomic mass is 16.6. The molecule has 2 N–H and O–H groups in total. The second-order valence-corrected chi connectivity index (χ2v) is 6.87. The Labute approximate surface area is 144 Å². The van der Waals surface area contributed by atoms with Crippen LogP contribution in [0, 0.1) is 0 Å². The van der Waals surface area contributed by atoms with Gasteiger partial charge in [0.05, 0.1) is 0 Å². The van der Waals surface area contributed by atoms with Gasteiger partial charge in [0.2, 0.25) is 5.91 Å². The topological polar surface area (TPSA) is 70.7 Å². The summed E-state index contributed by atoms with van der Waals surface area (Å²) in [4.78, 5) is 25.3. The first-order valence-corrected chi connectivity index (χ1v) is 8.17. The van der Waals surface area contributed by atoms with Gasteiger partial charge in [-0.25, -0.2) is 4.79 Å². The van der Waals surface area contributed by atoms with Gasteiger partial charge in [-0.3, -0.25) is 4.79 Å². The van der Waals surface area contributed by atoms with Crippen molar-refractivity contribution in [3.05, 3.63) is 29.8 Å². The van der Waals surface area contributed by atoms with Gasteiger partial charge in [-0.2, -0.15) is 0 Å². The lowest BCUT2D eigenvalue weighted by Gasteiger charge is -2.19. The highest BCUT2D eigenvalue weighted by Crippen LogP contribution is 2.12. The maximum atomic E-state index is 11.8. The summed E-state index contributed by atoms with van der Waals surface area (Å²) in [5.74, 6) is -0.0299. The van der Waals surface area contributed by atoms with E-state index in [9.17, 15) is 9.59 Å². The Kier molecular flexibility index (Phi) is 7.55. The average Bonchev–Trinajstić information content (AvgIpc) is 2.48. The molecule has 0 aliphatic carbocycles. The minimum atomic E-state index is -0.510. The van der Waals surface area contributed by atoms with Crippen LogP contribution < -0.4 is 15.5 Å². The average molecular weight is 335 g/mol. The minimum Gasteiger partial charge on any atom is -0.444 e. The van der Waals surface area contributed by atoms with Crippen LogP contribution >= 0.6 is 0 Å². The van der Waals surface area contributed by atoms with Crippen LogP contribution in [-0.2, 0) is 16.1 Å². The Balaban J connectivity index is 2.19. The molecule has 0 radical (unpaired) electrons. The molecule has 0 heterocycles. The van der Waals surface area contributed by atoms with E-state index in [1.54, 1.807) is 0 Å². The van der Waals surface area contributed by atoms with Crippen molar-refractivity contribution in [2.45, 2.75) is 45.8 Å². The molecule has 2 amide bonds. The number of alkyl carbamates (subject to hydrolysis) is 1. The number of carbonyl (C=O) groups is 2. The molecule has 0 aromatic heterocycles. The van der Waals surface area contributed by atoms with Crippen molar-refractivity contribution < 1.29 is 14.3 Å². The van der Waals surface area contributed by atoms with Crippen molar-refractivity contribution in [3.8, 4) is 0 Å². The third-order valence-electron chi connectivity index (χ3n) is 3.19. The minimum absolute atomic E-state index is 0.0299. The van der Waals surface area contributed by atoms with Crippen molar-refractivity contribution >= 4 is 17.7 Å².